The Bertz CT molecular complexity index is 163. The number of epoxide rings is 2. The molecule has 0 amide bonds. The van der Waals surface area contributed by atoms with Crippen LogP contribution in [0.4, 0.5) is 0 Å². The van der Waals surface area contributed by atoms with Crippen molar-refractivity contribution in [1.29, 1.82) is 0 Å². The molecule has 0 radical (unpaired) electrons. The van der Waals surface area contributed by atoms with E-state index in [2.05, 4.69) is 22.8 Å². The molecule has 0 aromatic carbocycles. The highest BCUT2D eigenvalue weighted by molar-refractivity contribution is 4.83. The zero-order chi connectivity index (χ0) is 10.2. The fourth-order valence-electron chi connectivity index (χ4n) is 1.05. The number of hydrogen-bond acceptors (Lipinski definition) is 3. The SMILES string of the molecule is C1CO1.C=CCN(CC=C)CC1CO1. The zero-order valence-corrected chi connectivity index (χ0v) is 8.65. The molecule has 80 valence electrons. The second-order valence-electron chi connectivity index (χ2n) is 3.36. The van der Waals surface area contributed by atoms with Gasteiger partial charge in [0.05, 0.1) is 25.9 Å². The quantitative estimate of drug-likeness (QED) is 0.471. The molecule has 0 saturated carbocycles. The number of hydrogen-bond donors (Lipinski definition) is 0. The molecule has 0 spiro atoms. The van der Waals surface area contributed by atoms with Crippen LogP contribution in [0, 0.1) is 0 Å². The zero-order valence-electron chi connectivity index (χ0n) is 8.65. The fourth-order valence-corrected chi connectivity index (χ4v) is 1.05. The molecule has 0 aliphatic carbocycles. The van der Waals surface area contributed by atoms with E-state index in [0.29, 0.717) is 6.10 Å². The summed E-state index contributed by atoms with van der Waals surface area (Å²) in [7, 11) is 0. The van der Waals surface area contributed by atoms with E-state index >= 15 is 0 Å². The number of nitrogens with zero attached hydrogens (tertiary/aromatic N) is 1. The van der Waals surface area contributed by atoms with Gasteiger partial charge in [0.2, 0.25) is 0 Å². The van der Waals surface area contributed by atoms with Crippen molar-refractivity contribution in [2.45, 2.75) is 6.10 Å². The molecule has 3 heteroatoms. The largest absolute Gasteiger partial charge is 0.377 e. The molecule has 14 heavy (non-hydrogen) atoms. The Hall–Kier alpha value is -0.640. The van der Waals surface area contributed by atoms with Gasteiger partial charge < -0.3 is 9.47 Å². The Morgan fingerprint density at radius 2 is 1.71 bits per heavy atom. The van der Waals surface area contributed by atoms with Crippen LogP contribution >= 0.6 is 0 Å². The third kappa shape index (κ3) is 6.83. The van der Waals surface area contributed by atoms with Crippen LogP contribution in [0.1, 0.15) is 0 Å². The Morgan fingerprint density at radius 1 is 1.21 bits per heavy atom. The van der Waals surface area contributed by atoms with Gasteiger partial charge >= 0.3 is 0 Å². The van der Waals surface area contributed by atoms with Gasteiger partial charge in [-0.1, -0.05) is 12.2 Å². The van der Waals surface area contributed by atoms with Crippen molar-refractivity contribution in [1.82, 2.24) is 4.90 Å². The Balaban J connectivity index is 0.000000276. The Kier molecular flexibility index (Phi) is 5.52. The maximum atomic E-state index is 5.12. The normalized spacial score (nSPS) is 22.2. The highest BCUT2D eigenvalue weighted by atomic mass is 16.6. The standard InChI is InChI=1S/C9H15NO.C2H4O/c1-3-5-10(6-4-2)7-9-8-11-9;1-2-3-1/h3-4,9H,1-2,5-8H2;1-2H2. The third-order valence-electron chi connectivity index (χ3n) is 1.84. The van der Waals surface area contributed by atoms with Gasteiger partial charge in [-0.3, -0.25) is 4.90 Å². The monoisotopic (exact) mass is 197 g/mol. The first kappa shape index (κ1) is 11.4. The van der Waals surface area contributed by atoms with E-state index in [-0.39, 0.29) is 0 Å². The molecule has 1 unspecified atom stereocenters. The summed E-state index contributed by atoms with van der Waals surface area (Å²) in [5.74, 6) is 0. The summed E-state index contributed by atoms with van der Waals surface area (Å²) in [4.78, 5) is 2.26. The van der Waals surface area contributed by atoms with E-state index in [1.165, 1.54) is 0 Å². The molecule has 0 aromatic heterocycles. The van der Waals surface area contributed by atoms with Crippen molar-refractivity contribution in [3.05, 3.63) is 25.3 Å². The van der Waals surface area contributed by atoms with Crippen LogP contribution < -0.4 is 0 Å². The second-order valence-corrected chi connectivity index (χ2v) is 3.36. The Labute approximate surface area is 86.0 Å². The molecule has 2 heterocycles. The van der Waals surface area contributed by atoms with Gasteiger partial charge in [-0.05, 0) is 0 Å². The second kappa shape index (κ2) is 6.76. The molecule has 0 N–H and O–H groups in total. The van der Waals surface area contributed by atoms with E-state index < -0.39 is 0 Å². The van der Waals surface area contributed by atoms with Gasteiger partial charge in [-0.15, -0.1) is 13.2 Å². The predicted octanol–water partition coefficient (Wildman–Crippen LogP) is 1.08. The average Bonchev–Trinajstić information content (AvgIpc) is 3.02. The maximum Gasteiger partial charge on any atom is 0.0936 e. The summed E-state index contributed by atoms with van der Waals surface area (Å²) in [6.07, 6.45) is 4.28. The van der Waals surface area contributed by atoms with Gasteiger partial charge in [0, 0.05) is 19.6 Å². The van der Waals surface area contributed by atoms with Crippen molar-refractivity contribution in [3.8, 4) is 0 Å². The summed E-state index contributed by atoms with van der Waals surface area (Å²) >= 11 is 0. The maximum absolute atomic E-state index is 5.12. The highest BCUT2D eigenvalue weighted by Crippen LogP contribution is 2.10. The van der Waals surface area contributed by atoms with Gasteiger partial charge in [0.25, 0.3) is 0 Å². The van der Waals surface area contributed by atoms with Crippen molar-refractivity contribution in [2.75, 3.05) is 39.5 Å². The van der Waals surface area contributed by atoms with Crippen LogP contribution in [0.3, 0.4) is 0 Å². The molecule has 2 saturated heterocycles. The van der Waals surface area contributed by atoms with Crippen LogP contribution in [0.25, 0.3) is 0 Å². The van der Waals surface area contributed by atoms with Crippen LogP contribution in [0.5, 0.6) is 0 Å². The van der Waals surface area contributed by atoms with Crippen molar-refractivity contribution >= 4 is 0 Å². The molecule has 2 aliphatic rings. The lowest BCUT2D eigenvalue weighted by Crippen LogP contribution is -2.28. The van der Waals surface area contributed by atoms with E-state index in [1.54, 1.807) is 0 Å². The van der Waals surface area contributed by atoms with E-state index in [1.807, 2.05) is 12.2 Å². The lowest BCUT2D eigenvalue weighted by molar-refractivity contribution is 0.284. The first-order valence-electron chi connectivity index (χ1n) is 5.00. The van der Waals surface area contributed by atoms with Crippen LogP contribution in [-0.2, 0) is 9.47 Å². The molecule has 2 rings (SSSR count). The van der Waals surface area contributed by atoms with Gasteiger partial charge in [-0.25, -0.2) is 0 Å². The predicted molar refractivity (Wildman–Crippen MR) is 57.4 cm³/mol. The molecule has 0 bridgehead atoms. The lowest BCUT2D eigenvalue weighted by Gasteiger charge is -2.16. The topological polar surface area (TPSA) is 28.3 Å². The van der Waals surface area contributed by atoms with Gasteiger partial charge in [0.1, 0.15) is 0 Å². The fraction of sp³-hybridized carbons (Fsp3) is 0.636. The Morgan fingerprint density at radius 3 is 2.00 bits per heavy atom. The molecular weight excluding hydrogens is 178 g/mol. The first-order chi connectivity index (χ1) is 6.86. The summed E-state index contributed by atoms with van der Waals surface area (Å²) in [6, 6.07) is 0. The summed E-state index contributed by atoms with van der Waals surface area (Å²) in [5.41, 5.74) is 0. The van der Waals surface area contributed by atoms with Crippen molar-refractivity contribution in [3.63, 3.8) is 0 Å². The average molecular weight is 197 g/mol. The minimum Gasteiger partial charge on any atom is -0.377 e. The molecule has 3 nitrogen and oxygen atoms in total. The van der Waals surface area contributed by atoms with Gasteiger partial charge in [0.15, 0.2) is 0 Å². The van der Waals surface area contributed by atoms with E-state index in [0.717, 1.165) is 39.5 Å². The first-order valence-corrected chi connectivity index (χ1v) is 5.00. The molecule has 2 fully saturated rings. The summed E-state index contributed by atoms with van der Waals surface area (Å²) in [6.45, 7) is 13.2. The van der Waals surface area contributed by atoms with Crippen molar-refractivity contribution in [2.24, 2.45) is 0 Å². The number of ether oxygens (including phenoxy) is 2. The van der Waals surface area contributed by atoms with Crippen LogP contribution in [0.15, 0.2) is 25.3 Å². The van der Waals surface area contributed by atoms with Gasteiger partial charge in [-0.2, -0.15) is 0 Å². The van der Waals surface area contributed by atoms with E-state index in [9.17, 15) is 0 Å². The smallest absolute Gasteiger partial charge is 0.0936 e. The van der Waals surface area contributed by atoms with E-state index in [4.69, 9.17) is 4.74 Å². The summed E-state index contributed by atoms with van der Waals surface area (Å²) in [5, 5.41) is 0. The molecular formula is C11H19NO2. The molecule has 2 aliphatic heterocycles. The minimum atomic E-state index is 0.467. The summed E-state index contributed by atoms with van der Waals surface area (Å²) < 4.78 is 9.62. The van der Waals surface area contributed by atoms with Crippen LogP contribution in [0.2, 0.25) is 0 Å². The highest BCUT2D eigenvalue weighted by Gasteiger charge is 2.24. The van der Waals surface area contributed by atoms with Crippen molar-refractivity contribution < 1.29 is 9.47 Å². The molecule has 0 aromatic rings. The number of rotatable bonds is 6. The van der Waals surface area contributed by atoms with Crippen LogP contribution in [-0.4, -0.2) is 50.5 Å². The molecule has 1 atom stereocenters. The lowest BCUT2D eigenvalue weighted by atomic mass is 10.4. The minimum absolute atomic E-state index is 0.467. The third-order valence-corrected chi connectivity index (χ3v) is 1.84.